The highest BCUT2D eigenvalue weighted by atomic mass is 127. The van der Waals surface area contributed by atoms with Gasteiger partial charge < -0.3 is 15.2 Å². The smallest absolute Gasteiger partial charge is 0.223 e. The molecule has 0 saturated heterocycles. The molecule has 0 radical (unpaired) electrons. The summed E-state index contributed by atoms with van der Waals surface area (Å²) in [6, 6.07) is 0. The molecule has 128 valence electrons. The maximum absolute atomic E-state index is 4.95. The van der Waals surface area contributed by atoms with Crippen LogP contribution in [0.15, 0.2) is 9.52 Å². The summed E-state index contributed by atoms with van der Waals surface area (Å²) in [5.41, 5.74) is 0. The molecule has 6 nitrogen and oxygen atoms in total. The number of rotatable bonds is 9. The highest BCUT2D eigenvalue weighted by Gasteiger charge is 2.07. The molecule has 0 aromatic carbocycles. The molecule has 1 atom stereocenters. The fraction of sp³-hybridized carbons (Fsp3) is 0.800. The molecule has 0 bridgehead atoms. The molecule has 1 aromatic rings. The fourth-order valence-electron chi connectivity index (χ4n) is 2.08. The zero-order valence-electron chi connectivity index (χ0n) is 14.2. The summed E-state index contributed by atoms with van der Waals surface area (Å²) in [5, 5.41) is 10.5. The number of halogens is 1. The number of hydrogen-bond acceptors (Lipinski definition) is 4. The third kappa shape index (κ3) is 8.55. The maximum atomic E-state index is 4.95. The molecule has 1 heterocycles. The van der Waals surface area contributed by atoms with Crippen LogP contribution in [0.5, 0.6) is 0 Å². The van der Waals surface area contributed by atoms with Gasteiger partial charge in [0.2, 0.25) is 5.89 Å². The first-order chi connectivity index (χ1) is 10.2. The average molecular weight is 423 g/mol. The van der Waals surface area contributed by atoms with Crippen LogP contribution in [0, 0.1) is 12.8 Å². The van der Waals surface area contributed by atoms with Crippen LogP contribution in [-0.2, 0) is 6.54 Å². The molecule has 0 aliphatic rings. The van der Waals surface area contributed by atoms with Crippen molar-refractivity contribution in [3.8, 4) is 0 Å². The number of aliphatic imine (C=N–C) groups is 1. The zero-order valence-corrected chi connectivity index (χ0v) is 16.5. The van der Waals surface area contributed by atoms with Crippen molar-refractivity contribution in [1.82, 2.24) is 20.8 Å². The van der Waals surface area contributed by atoms with Crippen molar-refractivity contribution in [3.63, 3.8) is 0 Å². The van der Waals surface area contributed by atoms with Gasteiger partial charge in [-0.1, -0.05) is 38.3 Å². The lowest BCUT2D eigenvalue weighted by molar-refractivity contribution is 0.387. The van der Waals surface area contributed by atoms with Gasteiger partial charge in [-0.3, -0.25) is 0 Å². The Balaban J connectivity index is 0.00000441. The Bertz CT molecular complexity index is 422. The number of nitrogens with zero attached hydrogens (tertiary/aromatic N) is 3. The standard InChI is InChI=1S/C15H29N5O.HI/c1-5-8-9-13(6-2)10-17-15(16-7-3)18-11-14-19-12(4)21-20-14;/h13H,5-11H2,1-4H3,(H2,16,17,18);1H. The summed E-state index contributed by atoms with van der Waals surface area (Å²) in [6.45, 7) is 10.5. The summed E-state index contributed by atoms with van der Waals surface area (Å²) in [4.78, 5) is 8.65. The van der Waals surface area contributed by atoms with Crippen molar-refractivity contribution in [2.24, 2.45) is 10.9 Å². The van der Waals surface area contributed by atoms with Gasteiger partial charge in [-0.2, -0.15) is 4.98 Å². The van der Waals surface area contributed by atoms with Crippen molar-refractivity contribution >= 4 is 29.9 Å². The third-order valence-electron chi connectivity index (χ3n) is 3.39. The second kappa shape index (κ2) is 12.7. The number of hydrogen-bond donors (Lipinski definition) is 2. The van der Waals surface area contributed by atoms with Gasteiger partial charge in [0.15, 0.2) is 11.8 Å². The summed E-state index contributed by atoms with van der Waals surface area (Å²) in [6.07, 6.45) is 5.00. The number of aromatic nitrogens is 2. The van der Waals surface area contributed by atoms with Crippen molar-refractivity contribution in [2.45, 2.75) is 59.9 Å². The molecule has 0 spiro atoms. The van der Waals surface area contributed by atoms with Gasteiger partial charge in [0, 0.05) is 20.0 Å². The molecule has 1 rings (SSSR count). The first-order valence-electron chi connectivity index (χ1n) is 8.00. The summed E-state index contributed by atoms with van der Waals surface area (Å²) < 4.78 is 4.95. The first-order valence-corrected chi connectivity index (χ1v) is 8.00. The molecule has 0 fully saturated rings. The molecule has 0 aliphatic carbocycles. The molecule has 7 heteroatoms. The van der Waals surface area contributed by atoms with Crippen LogP contribution in [-0.4, -0.2) is 29.2 Å². The molecular weight excluding hydrogens is 393 g/mol. The number of aryl methyl sites for hydroxylation is 1. The van der Waals surface area contributed by atoms with Crippen molar-refractivity contribution < 1.29 is 4.52 Å². The van der Waals surface area contributed by atoms with E-state index in [-0.39, 0.29) is 24.0 Å². The summed E-state index contributed by atoms with van der Waals surface area (Å²) in [7, 11) is 0. The van der Waals surface area contributed by atoms with Gasteiger partial charge in [-0.05, 0) is 19.3 Å². The van der Waals surface area contributed by atoms with Crippen LogP contribution in [0.2, 0.25) is 0 Å². The Morgan fingerprint density at radius 2 is 2.05 bits per heavy atom. The number of nitrogens with one attached hydrogen (secondary N) is 2. The third-order valence-corrected chi connectivity index (χ3v) is 3.39. The van der Waals surface area contributed by atoms with Gasteiger partial charge in [0.05, 0.1) is 0 Å². The predicted molar refractivity (Wildman–Crippen MR) is 101 cm³/mol. The monoisotopic (exact) mass is 423 g/mol. The van der Waals surface area contributed by atoms with Gasteiger partial charge in [0.1, 0.15) is 6.54 Å². The van der Waals surface area contributed by atoms with E-state index in [2.05, 4.69) is 46.5 Å². The van der Waals surface area contributed by atoms with Gasteiger partial charge in [0.25, 0.3) is 0 Å². The molecule has 22 heavy (non-hydrogen) atoms. The Hall–Kier alpha value is -0.860. The lowest BCUT2D eigenvalue weighted by Crippen LogP contribution is -2.39. The van der Waals surface area contributed by atoms with E-state index in [1.807, 2.05) is 0 Å². The average Bonchev–Trinajstić information content (AvgIpc) is 2.90. The van der Waals surface area contributed by atoms with E-state index in [4.69, 9.17) is 4.52 Å². The molecule has 1 unspecified atom stereocenters. The van der Waals surface area contributed by atoms with E-state index in [9.17, 15) is 0 Å². The SMILES string of the molecule is CCCCC(CC)CNC(=NCc1noc(C)n1)NCC.I. The van der Waals surface area contributed by atoms with Crippen molar-refractivity contribution in [3.05, 3.63) is 11.7 Å². The molecule has 0 amide bonds. The highest BCUT2D eigenvalue weighted by molar-refractivity contribution is 14.0. The second-order valence-electron chi connectivity index (χ2n) is 5.22. The normalized spacial score (nSPS) is 12.6. The van der Waals surface area contributed by atoms with Crippen LogP contribution >= 0.6 is 24.0 Å². The van der Waals surface area contributed by atoms with E-state index in [0.717, 1.165) is 19.0 Å². The van der Waals surface area contributed by atoms with Gasteiger partial charge in [-0.25, -0.2) is 4.99 Å². The van der Waals surface area contributed by atoms with Crippen LogP contribution in [0.25, 0.3) is 0 Å². The van der Waals surface area contributed by atoms with Gasteiger partial charge >= 0.3 is 0 Å². The van der Waals surface area contributed by atoms with Crippen molar-refractivity contribution in [2.75, 3.05) is 13.1 Å². The Labute approximate surface area is 150 Å². The van der Waals surface area contributed by atoms with E-state index < -0.39 is 0 Å². The number of unbranched alkanes of at least 4 members (excludes halogenated alkanes) is 1. The number of guanidine groups is 1. The molecule has 0 aliphatic heterocycles. The quantitative estimate of drug-likeness (QED) is 0.362. The maximum Gasteiger partial charge on any atom is 0.223 e. The summed E-state index contributed by atoms with van der Waals surface area (Å²) >= 11 is 0. The summed E-state index contributed by atoms with van der Waals surface area (Å²) in [5.74, 6) is 2.70. The van der Waals surface area contributed by atoms with E-state index in [0.29, 0.717) is 24.2 Å². The minimum absolute atomic E-state index is 0. The van der Waals surface area contributed by atoms with Crippen LogP contribution < -0.4 is 10.6 Å². The van der Waals surface area contributed by atoms with Gasteiger partial charge in [-0.15, -0.1) is 24.0 Å². The largest absolute Gasteiger partial charge is 0.357 e. The lowest BCUT2D eigenvalue weighted by atomic mass is 9.99. The first kappa shape index (κ1) is 21.1. The van der Waals surface area contributed by atoms with E-state index in [1.165, 1.54) is 25.7 Å². The topological polar surface area (TPSA) is 75.3 Å². The van der Waals surface area contributed by atoms with Crippen LogP contribution in [0.1, 0.15) is 58.2 Å². The predicted octanol–water partition coefficient (Wildman–Crippen LogP) is 3.27. The Morgan fingerprint density at radius 1 is 1.27 bits per heavy atom. The fourth-order valence-corrected chi connectivity index (χ4v) is 2.08. The Morgan fingerprint density at radius 3 is 2.59 bits per heavy atom. The minimum atomic E-state index is 0. The molecule has 0 saturated carbocycles. The van der Waals surface area contributed by atoms with Crippen LogP contribution in [0.4, 0.5) is 0 Å². The zero-order chi connectivity index (χ0) is 15.5. The minimum Gasteiger partial charge on any atom is -0.357 e. The molecule has 1 aromatic heterocycles. The lowest BCUT2D eigenvalue weighted by Gasteiger charge is -2.17. The Kier molecular flexibility index (Phi) is 12.2. The van der Waals surface area contributed by atoms with E-state index >= 15 is 0 Å². The molecular formula is C15H30IN5O. The second-order valence-corrected chi connectivity index (χ2v) is 5.22. The van der Waals surface area contributed by atoms with Crippen LogP contribution in [0.3, 0.4) is 0 Å². The van der Waals surface area contributed by atoms with Crippen molar-refractivity contribution in [1.29, 1.82) is 0 Å². The highest BCUT2D eigenvalue weighted by Crippen LogP contribution is 2.11. The molecule has 2 N–H and O–H groups in total. The van der Waals surface area contributed by atoms with E-state index in [1.54, 1.807) is 6.92 Å².